The van der Waals surface area contributed by atoms with Crippen LogP contribution in [0.2, 0.25) is 0 Å². The van der Waals surface area contributed by atoms with Crippen molar-refractivity contribution in [1.29, 1.82) is 0 Å². The van der Waals surface area contributed by atoms with Gasteiger partial charge in [-0.05, 0) is 18.8 Å². The molecule has 0 bridgehead atoms. The SMILES string of the molecule is C=C[C@]1(C)CC2(CC[C@H]1C(C)=O)OCCO2. The van der Waals surface area contributed by atoms with Crippen LogP contribution < -0.4 is 0 Å². The molecular weight excluding hydrogens is 204 g/mol. The molecular formula is C13H20O3. The van der Waals surface area contributed by atoms with Crippen molar-refractivity contribution in [3.8, 4) is 0 Å². The highest BCUT2D eigenvalue weighted by atomic mass is 16.7. The summed E-state index contributed by atoms with van der Waals surface area (Å²) in [6.07, 6.45) is 4.29. The topological polar surface area (TPSA) is 35.5 Å². The van der Waals surface area contributed by atoms with E-state index in [0.29, 0.717) is 13.2 Å². The first kappa shape index (κ1) is 11.8. The molecule has 16 heavy (non-hydrogen) atoms. The highest BCUT2D eigenvalue weighted by Crippen LogP contribution is 2.49. The minimum Gasteiger partial charge on any atom is -0.348 e. The molecule has 2 fully saturated rings. The summed E-state index contributed by atoms with van der Waals surface area (Å²) in [6, 6.07) is 0. The molecule has 0 aromatic carbocycles. The number of hydrogen-bond acceptors (Lipinski definition) is 3. The summed E-state index contributed by atoms with van der Waals surface area (Å²) in [5.74, 6) is -0.145. The number of rotatable bonds is 2. The van der Waals surface area contributed by atoms with Crippen LogP contribution in [0.25, 0.3) is 0 Å². The standard InChI is InChI=1S/C13H20O3/c1-4-12(3)9-13(15-7-8-16-13)6-5-11(12)10(2)14/h4,11H,1,5-9H2,2-3H3/t11-,12+/m0/s1. The lowest BCUT2D eigenvalue weighted by Crippen LogP contribution is -2.46. The van der Waals surface area contributed by atoms with Gasteiger partial charge < -0.3 is 9.47 Å². The van der Waals surface area contributed by atoms with Gasteiger partial charge in [0.2, 0.25) is 0 Å². The Balaban J connectivity index is 2.21. The van der Waals surface area contributed by atoms with E-state index in [0.717, 1.165) is 19.3 Å². The van der Waals surface area contributed by atoms with Crippen molar-refractivity contribution < 1.29 is 14.3 Å². The van der Waals surface area contributed by atoms with Gasteiger partial charge in [0.05, 0.1) is 13.2 Å². The third kappa shape index (κ3) is 1.82. The molecule has 1 saturated carbocycles. The van der Waals surface area contributed by atoms with Gasteiger partial charge in [-0.1, -0.05) is 13.0 Å². The zero-order chi connectivity index (χ0) is 11.8. The fraction of sp³-hybridized carbons (Fsp3) is 0.769. The summed E-state index contributed by atoms with van der Waals surface area (Å²) < 4.78 is 11.5. The zero-order valence-electron chi connectivity index (χ0n) is 10.1. The van der Waals surface area contributed by atoms with Gasteiger partial charge in [0, 0.05) is 18.8 Å². The fourth-order valence-corrected chi connectivity index (χ4v) is 3.11. The number of Topliss-reactive ketones (excluding diaryl/α,β-unsaturated/α-hetero) is 1. The van der Waals surface area contributed by atoms with E-state index in [2.05, 4.69) is 13.5 Å². The maximum Gasteiger partial charge on any atom is 0.169 e. The minimum atomic E-state index is -0.450. The lowest BCUT2D eigenvalue weighted by atomic mass is 9.64. The maximum atomic E-state index is 11.6. The van der Waals surface area contributed by atoms with Crippen LogP contribution in [0.15, 0.2) is 12.7 Å². The molecule has 1 spiro atoms. The predicted octanol–water partition coefficient (Wildman–Crippen LogP) is 2.31. The Labute approximate surface area is 96.8 Å². The Morgan fingerprint density at radius 2 is 2.06 bits per heavy atom. The molecule has 3 nitrogen and oxygen atoms in total. The molecule has 3 heteroatoms. The van der Waals surface area contributed by atoms with Crippen molar-refractivity contribution >= 4 is 5.78 Å². The van der Waals surface area contributed by atoms with Gasteiger partial charge in [0.25, 0.3) is 0 Å². The van der Waals surface area contributed by atoms with Gasteiger partial charge >= 0.3 is 0 Å². The molecule has 0 radical (unpaired) electrons. The van der Waals surface area contributed by atoms with Crippen LogP contribution in [-0.4, -0.2) is 24.8 Å². The Hall–Kier alpha value is -0.670. The van der Waals surface area contributed by atoms with E-state index in [9.17, 15) is 4.79 Å². The minimum absolute atomic E-state index is 0.0587. The van der Waals surface area contributed by atoms with Gasteiger partial charge in [-0.3, -0.25) is 4.79 Å². The van der Waals surface area contributed by atoms with Crippen LogP contribution in [0.1, 0.15) is 33.1 Å². The quantitative estimate of drug-likeness (QED) is 0.675. The molecule has 0 aromatic rings. The van der Waals surface area contributed by atoms with E-state index in [-0.39, 0.29) is 17.1 Å². The summed E-state index contributed by atoms with van der Waals surface area (Å²) >= 11 is 0. The molecule has 1 saturated heterocycles. The highest BCUT2D eigenvalue weighted by Gasteiger charge is 2.50. The first-order valence-corrected chi connectivity index (χ1v) is 5.93. The van der Waals surface area contributed by atoms with Crippen LogP contribution in [0, 0.1) is 11.3 Å². The molecule has 1 heterocycles. The Morgan fingerprint density at radius 3 is 2.56 bits per heavy atom. The third-order valence-electron chi connectivity index (χ3n) is 4.03. The Morgan fingerprint density at radius 1 is 1.44 bits per heavy atom. The van der Waals surface area contributed by atoms with E-state index >= 15 is 0 Å². The van der Waals surface area contributed by atoms with E-state index in [1.54, 1.807) is 6.92 Å². The molecule has 0 unspecified atom stereocenters. The average molecular weight is 224 g/mol. The average Bonchev–Trinajstić information content (AvgIpc) is 2.65. The summed E-state index contributed by atoms with van der Waals surface area (Å²) in [4.78, 5) is 11.6. The third-order valence-corrected chi connectivity index (χ3v) is 4.03. The maximum absolute atomic E-state index is 11.6. The number of allylic oxidation sites excluding steroid dienone is 1. The first-order chi connectivity index (χ1) is 7.51. The lowest BCUT2D eigenvalue weighted by Gasteiger charge is -2.45. The van der Waals surface area contributed by atoms with Gasteiger partial charge in [0.1, 0.15) is 5.78 Å². The summed E-state index contributed by atoms with van der Waals surface area (Å²) in [6.45, 7) is 8.96. The van der Waals surface area contributed by atoms with E-state index in [1.165, 1.54) is 0 Å². The summed E-state index contributed by atoms with van der Waals surface area (Å²) in [5, 5.41) is 0. The van der Waals surface area contributed by atoms with Gasteiger partial charge in [-0.15, -0.1) is 6.58 Å². The predicted molar refractivity (Wildman–Crippen MR) is 61.0 cm³/mol. The molecule has 2 rings (SSSR count). The molecule has 1 aliphatic carbocycles. The first-order valence-electron chi connectivity index (χ1n) is 5.93. The molecule has 0 aromatic heterocycles. The molecule has 0 amide bonds. The second kappa shape index (κ2) is 3.97. The number of ether oxygens (including phenoxy) is 2. The second-order valence-corrected chi connectivity index (χ2v) is 5.20. The number of carbonyl (C=O) groups excluding carboxylic acids is 1. The van der Waals surface area contributed by atoms with Crippen molar-refractivity contribution in [2.75, 3.05) is 13.2 Å². The lowest BCUT2D eigenvalue weighted by molar-refractivity contribution is -0.203. The van der Waals surface area contributed by atoms with E-state index < -0.39 is 5.79 Å². The normalized spacial score (nSPS) is 37.5. The van der Waals surface area contributed by atoms with Crippen LogP contribution in [0.3, 0.4) is 0 Å². The number of carbonyl (C=O) groups is 1. The molecule has 2 aliphatic rings. The van der Waals surface area contributed by atoms with Crippen molar-refractivity contribution in [3.63, 3.8) is 0 Å². The monoisotopic (exact) mass is 224 g/mol. The Kier molecular flexibility index (Phi) is 2.93. The van der Waals surface area contributed by atoms with Crippen molar-refractivity contribution in [3.05, 3.63) is 12.7 Å². The van der Waals surface area contributed by atoms with Crippen LogP contribution in [0.4, 0.5) is 0 Å². The molecule has 0 N–H and O–H groups in total. The van der Waals surface area contributed by atoms with E-state index in [1.807, 2.05) is 6.08 Å². The zero-order valence-corrected chi connectivity index (χ0v) is 10.1. The highest BCUT2D eigenvalue weighted by molar-refractivity contribution is 5.79. The smallest absolute Gasteiger partial charge is 0.169 e. The Bertz CT molecular complexity index is 304. The van der Waals surface area contributed by atoms with Crippen LogP contribution >= 0.6 is 0 Å². The van der Waals surface area contributed by atoms with Gasteiger partial charge in [-0.2, -0.15) is 0 Å². The summed E-state index contributed by atoms with van der Waals surface area (Å²) in [7, 11) is 0. The van der Waals surface area contributed by atoms with Gasteiger partial charge in [-0.25, -0.2) is 0 Å². The van der Waals surface area contributed by atoms with Gasteiger partial charge in [0.15, 0.2) is 5.79 Å². The summed E-state index contributed by atoms with van der Waals surface area (Å²) in [5.41, 5.74) is -0.200. The van der Waals surface area contributed by atoms with Crippen LogP contribution in [-0.2, 0) is 14.3 Å². The van der Waals surface area contributed by atoms with Crippen molar-refractivity contribution in [2.24, 2.45) is 11.3 Å². The van der Waals surface area contributed by atoms with Crippen LogP contribution in [0.5, 0.6) is 0 Å². The van der Waals surface area contributed by atoms with E-state index in [4.69, 9.17) is 9.47 Å². The molecule has 2 atom stereocenters. The number of hydrogen-bond donors (Lipinski definition) is 0. The number of ketones is 1. The van der Waals surface area contributed by atoms with Crippen molar-refractivity contribution in [2.45, 2.75) is 38.9 Å². The molecule has 90 valence electrons. The van der Waals surface area contributed by atoms with Crippen molar-refractivity contribution in [1.82, 2.24) is 0 Å². The molecule has 1 aliphatic heterocycles. The fourth-order valence-electron chi connectivity index (χ4n) is 3.11. The largest absolute Gasteiger partial charge is 0.348 e. The second-order valence-electron chi connectivity index (χ2n) is 5.20.